The molecule has 28 heavy (non-hydrogen) atoms. The van der Waals surface area contributed by atoms with E-state index >= 15 is 0 Å². The maximum absolute atomic E-state index is 11.6. The van der Waals surface area contributed by atoms with Crippen molar-refractivity contribution in [1.82, 2.24) is 9.47 Å². The highest BCUT2D eigenvalue weighted by atomic mass is 16.5. The minimum Gasteiger partial charge on any atom is -0.477 e. The average molecular weight is 389 g/mol. The van der Waals surface area contributed by atoms with Crippen molar-refractivity contribution in [3.8, 4) is 0 Å². The number of carboxylic acids is 1. The number of likely N-dealkylation sites (tertiary alicyclic amines) is 1. The quantitative estimate of drug-likeness (QED) is 0.700. The van der Waals surface area contributed by atoms with Crippen LogP contribution in [0.3, 0.4) is 0 Å². The average Bonchev–Trinajstić information content (AvgIpc) is 2.99. The molecular weight excluding hydrogens is 356 g/mol. The summed E-state index contributed by atoms with van der Waals surface area (Å²) in [6, 6.07) is 6.19. The Morgan fingerprint density at radius 3 is 2.54 bits per heavy atom. The van der Waals surface area contributed by atoms with Gasteiger partial charge < -0.3 is 19.1 Å². The highest BCUT2D eigenvalue weighted by Gasteiger charge is 2.21. The molecule has 0 unspecified atom stereocenters. The first-order valence-corrected chi connectivity index (χ1v) is 10.1. The van der Waals surface area contributed by atoms with Crippen molar-refractivity contribution >= 4 is 16.9 Å². The lowest BCUT2D eigenvalue weighted by molar-refractivity contribution is -0.0158. The summed E-state index contributed by atoms with van der Waals surface area (Å²) in [4.78, 5) is 14.0. The summed E-state index contributed by atoms with van der Waals surface area (Å²) in [6.45, 7) is 8.55. The number of ether oxygens (including phenoxy) is 2. The largest absolute Gasteiger partial charge is 0.477 e. The van der Waals surface area contributed by atoms with Crippen LogP contribution in [0.15, 0.2) is 18.2 Å². The van der Waals surface area contributed by atoms with E-state index in [0.717, 1.165) is 43.4 Å². The summed E-state index contributed by atoms with van der Waals surface area (Å²) in [6.07, 6.45) is 2.40. The number of hydrogen-bond donors (Lipinski definition) is 1. The molecule has 1 saturated heterocycles. The summed E-state index contributed by atoms with van der Waals surface area (Å²) in [5.41, 5.74) is 3.82. The molecule has 1 aromatic carbocycles. The fourth-order valence-corrected chi connectivity index (χ4v) is 4.13. The van der Waals surface area contributed by atoms with Gasteiger partial charge in [0.25, 0.3) is 0 Å². The van der Waals surface area contributed by atoms with E-state index in [0.29, 0.717) is 30.9 Å². The van der Waals surface area contributed by atoms with E-state index in [4.69, 9.17) is 9.47 Å². The second kappa shape index (κ2) is 9.07. The molecule has 3 rings (SSSR count). The van der Waals surface area contributed by atoms with Crippen molar-refractivity contribution < 1.29 is 19.4 Å². The van der Waals surface area contributed by atoms with Crippen molar-refractivity contribution in [3.63, 3.8) is 0 Å². The topological polar surface area (TPSA) is 63.9 Å². The van der Waals surface area contributed by atoms with Crippen molar-refractivity contribution in [2.75, 3.05) is 33.4 Å². The molecule has 1 aliphatic rings. The van der Waals surface area contributed by atoms with Gasteiger partial charge in [-0.25, -0.2) is 4.79 Å². The van der Waals surface area contributed by atoms with Gasteiger partial charge in [0.15, 0.2) is 0 Å². The Balaban J connectivity index is 1.74. The third-order valence-electron chi connectivity index (χ3n) is 5.64. The Bertz CT molecular complexity index is 820. The van der Waals surface area contributed by atoms with Gasteiger partial charge in [0, 0.05) is 39.2 Å². The van der Waals surface area contributed by atoms with Gasteiger partial charge in [-0.2, -0.15) is 0 Å². The van der Waals surface area contributed by atoms with Crippen LogP contribution in [0.1, 0.15) is 54.2 Å². The Morgan fingerprint density at radius 1 is 1.21 bits per heavy atom. The molecule has 0 atom stereocenters. The third kappa shape index (κ3) is 4.57. The van der Waals surface area contributed by atoms with Crippen LogP contribution in [0, 0.1) is 0 Å². The van der Waals surface area contributed by atoms with Crippen LogP contribution >= 0.6 is 0 Å². The Hall–Kier alpha value is -1.89. The summed E-state index contributed by atoms with van der Waals surface area (Å²) < 4.78 is 12.7. The number of aromatic carboxylic acids is 1. The number of nitrogens with zero attached hydrogens (tertiary/aromatic N) is 2. The Labute approximate surface area is 167 Å². The molecule has 6 heteroatoms. The van der Waals surface area contributed by atoms with E-state index in [1.165, 1.54) is 11.1 Å². The molecule has 0 spiro atoms. The summed E-state index contributed by atoms with van der Waals surface area (Å²) in [5, 5.41) is 10.5. The fraction of sp³-hybridized carbons (Fsp3) is 0.591. The molecule has 1 N–H and O–H groups in total. The van der Waals surface area contributed by atoms with E-state index < -0.39 is 5.97 Å². The molecule has 2 heterocycles. The standard InChI is InChI=1S/C22H32N2O4/c1-15(2)19-12-16(11-17-13-20(22(25)26)23(3)21(17)19)14-24-7-5-18(6-8-24)28-10-9-27-4/h11-13,15,18H,5-10,14H2,1-4H3,(H,25,26). The van der Waals surface area contributed by atoms with Crippen molar-refractivity contribution in [1.29, 1.82) is 0 Å². The van der Waals surface area contributed by atoms with E-state index in [2.05, 4.69) is 30.9 Å². The molecule has 2 aromatic rings. The van der Waals surface area contributed by atoms with Gasteiger partial charge in [0.05, 0.1) is 24.8 Å². The molecule has 0 radical (unpaired) electrons. The SMILES string of the molecule is COCCOC1CCN(Cc2cc(C(C)C)c3c(c2)cc(C(=O)O)n3C)CC1. The van der Waals surface area contributed by atoms with Crippen LogP contribution in [0.2, 0.25) is 0 Å². The number of piperidine rings is 1. The van der Waals surface area contributed by atoms with Crippen molar-refractivity contribution in [3.05, 3.63) is 35.0 Å². The van der Waals surface area contributed by atoms with E-state index in [-0.39, 0.29) is 0 Å². The molecule has 0 amide bonds. The van der Waals surface area contributed by atoms with Crippen LogP contribution in [0.25, 0.3) is 10.9 Å². The number of hydrogen-bond acceptors (Lipinski definition) is 4. The van der Waals surface area contributed by atoms with Crippen LogP contribution in [-0.4, -0.2) is 60.1 Å². The minimum atomic E-state index is -0.884. The van der Waals surface area contributed by atoms with Crippen LogP contribution in [0.5, 0.6) is 0 Å². The highest BCUT2D eigenvalue weighted by molar-refractivity contribution is 5.96. The Morgan fingerprint density at radius 2 is 1.93 bits per heavy atom. The summed E-state index contributed by atoms with van der Waals surface area (Å²) in [5.74, 6) is -0.553. The fourth-order valence-electron chi connectivity index (χ4n) is 4.13. The van der Waals surface area contributed by atoms with Crippen LogP contribution in [-0.2, 0) is 23.1 Å². The lowest BCUT2D eigenvalue weighted by atomic mass is 9.97. The van der Waals surface area contributed by atoms with Gasteiger partial charge in [0.2, 0.25) is 0 Å². The zero-order chi connectivity index (χ0) is 20.3. The molecule has 6 nitrogen and oxygen atoms in total. The normalized spacial score (nSPS) is 16.3. The number of aryl methyl sites for hydroxylation is 1. The third-order valence-corrected chi connectivity index (χ3v) is 5.64. The number of rotatable bonds is 8. The second-order valence-corrected chi connectivity index (χ2v) is 8.01. The maximum atomic E-state index is 11.6. The van der Waals surface area contributed by atoms with E-state index in [1.807, 2.05) is 7.05 Å². The van der Waals surface area contributed by atoms with Gasteiger partial charge in [-0.15, -0.1) is 0 Å². The monoisotopic (exact) mass is 388 g/mol. The van der Waals surface area contributed by atoms with Gasteiger partial charge in [0.1, 0.15) is 5.69 Å². The Kier molecular flexibility index (Phi) is 6.75. The predicted octanol–water partition coefficient (Wildman–Crippen LogP) is 3.63. The minimum absolute atomic E-state index is 0.326. The summed E-state index contributed by atoms with van der Waals surface area (Å²) >= 11 is 0. The van der Waals surface area contributed by atoms with Crippen LogP contribution < -0.4 is 0 Å². The summed E-state index contributed by atoms with van der Waals surface area (Å²) in [7, 11) is 3.53. The molecule has 1 aliphatic heterocycles. The van der Waals surface area contributed by atoms with Gasteiger partial charge in [-0.05, 0) is 42.0 Å². The first-order chi connectivity index (χ1) is 13.4. The zero-order valence-electron chi connectivity index (χ0n) is 17.4. The van der Waals surface area contributed by atoms with E-state index in [1.54, 1.807) is 17.7 Å². The lowest BCUT2D eigenvalue weighted by Gasteiger charge is -2.32. The van der Waals surface area contributed by atoms with Gasteiger partial charge in [-0.3, -0.25) is 4.90 Å². The molecule has 1 fully saturated rings. The van der Waals surface area contributed by atoms with Gasteiger partial charge >= 0.3 is 5.97 Å². The first kappa shape index (κ1) is 20.8. The number of aromatic nitrogens is 1. The molecule has 0 bridgehead atoms. The molecule has 0 aliphatic carbocycles. The van der Waals surface area contributed by atoms with Crippen molar-refractivity contribution in [2.24, 2.45) is 7.05 Å². The molecule has 0 saturated carbocycles. The first-order valence-electron chi connectivity index (χ1n) is 10.1. The maximum Gasteiger partial charge on any atom is 0.352 e. The zero-order valence-corrected chi connectivity index (χ0v) is 17.4. The molecular formula is C22H32N2O4. The smallest absolute Gasteiger partial charge is 0.352 e. The second-order valence-electron chi connectivity index (χ2n) is 8.01. The number of carbonyl (C=O) groups is 1. The van der Waals surface area contributed by atoms with Crippen LogP contribution in [0.4, 0.5) is 0 Å². The molecule has 1 aromatic heterocycles. The van der Waals surface area contributed by atoms with E-state index in [9.17, 15) is 9.90 Å². The molecule has 154 valence electrons. The lowest BCUT2D eigenvalue weighted by Crippen LogP contribution is -2.37. The van der Waals surface area contributed by atoms with Crippen molar-refractivity contribution in [2.45, 2.75) is 45.3 Å². The highest BCUT2D eigenvalue weighted by Crippen LogP contribution is 2.30. The van der Waals surface area contributed by atoms with Gasteiger partial charge in [-0.1, -0.05) is 19.9 Å². The predicted molar refractivity (Wildman–Crippen MR) is 110 cm³/mol. The number of fused-ring (bicyclic) bond motifs is 1. The number of methoxy groups -OCH3 is 1. The number of benzene rings is 1. The number of carboxylic acid groups (broad SMARTS) is 1.